The molecule has 2 aromatic rings. The first-order valence-electron chi connectivity index (χ1n) is 7.29. The first kappa shape index (κ1) is 14.5. The third-order valence-electron chi connectivity index (χ3n) is 4.08. The fourth-order valence-corrected chi connectivity index (χ4v) is 3.34. The summed E-state index contributed by atoms with van der Waals surface area (Å²) in [7, 11) is 2.15. The summed E-state index contributed by atoms with van der Waals surface area (Å²) in [6.07, 6.45) is 6.04. The van der Waals surface area contributed by atoms with E-state index in [9.17, 15) is 4.39 Å². The lowest BCUT2D eigenvalue weighted by molar-refractivity contribution is 0.195. The molecule has 0 radical (unpaired) electrons. The van der Waals surface area contributed by atoms with E-state index < -0.39 is 0 Å². The Hall–Kier alpha value is -1.39. The Labute approximate surface area is 129 Å². The topological polar surface area (TPSA) is 21.1 Å². The van der Waals surface area contributed by atoms with Gasteiger partial charge in [-0.1, -0.05) is 17.7 Å². The van der Waals surface area contributed by atoms with Crippen molar-refractivity contribution in [3.05, 3.63) is 41.4 Å². The van der Waals surface area contributed by atoms with Crippen molar-refractivity contribution in [2.24, 2.45) is 5.92 Å². The van der Waals surface area contributed by atoms with E-state index in [0.29, 0.717) is 22.3 Å². The molecule has 21 heavy (non-hydrogen) atoms. The Balaban J connectivity index is 1.87. The Morgan fingerprint density at radius 2 is 2.29 bits per heavy atom. The van der Waals surface area contributed by atoms with Crippen LogP contribution in [0.4, 0.5) is 4.39 Å². The molecule has 1 saturated heterocycles. The van der Waals surface area contributed by atoms with E-state index in [1.54, 1.807) is 18.3 Å². The van der Waals surface area contributed by atoms with E-state index in [1.165, 1.54) is 18.9 Å². The Morgan fingerprint density at radius 3 is 3.05 bits per heavy atom. The molecule has 1 aliphatic heterocycles. The molecule has 3 nitrogen and oxygen atoms in total. The van der Waals surface area contributed by atoms with Crippen molar-refractivity contribution in [1.82, 2.24) is 14.5 Å². The number of aromatic nitrogens is 2. The highest BCUT2D eigenvalue weighted by molar-refractivity contribution is 6.33. The second-order valence-corrected chi connectivity index (χ2v) is 6.18. The van der Waals surface area contributed by atoms with Crippen LogP contribution >= 0.6 is 11.6 Å². The van der Waals surface area contributed by atoms with E-state index in [1.807, 2.05) is 10.8 Å². The monoisotopic (exact) mass is 307 g/mol. The molecule has 3 rings (SSSR count). The lowest BCUT2D eigenvalue weighted by Gasteiger charge is -2.30. The molecule has 1 aromatic carbocycles. The second kappa shape index (κ2) is 6.16. The van der Waals surface area contributed by atoms with E-state index in [4.69, 9.17) is 11.6 Å². The number of halogens is 2. The summed E-state index contributed by atoms with van der Waals surface area (Å²) in [5.74, 6) is 0.865. The van der Waals surface area contributed by atoms with Gasteiger partial charge in [0.25, 0.3) is 0 Å². The molecule has 1 fully saturated rings. The predicted molar refractivity (Wildman–Crippen MR) is 82.9 cm³/mol. The summed E-state index contributed by atoms with van der Waals surface area (Å²) in [6.45, 7) is 3.08. The summed E-state index contributed by atoms with van der Waals surface area (Å²) in [4.78, 5) is 6.67. The minimum atomic E-state index is -0.323. The van der Waals surface area contributed by atoms with Crippen LogP contribution in [0.3, 0.4) is 0 Å². The van der Waals surface area contributed by atoms with E-state index >= 15 is 0 Å². The van der Waals surface area contributed by atoms with Crippen molar-refractivity contribution in [2.75, 3.05) is 20.1 Å². The van der Waals surface area contributed by atoms with Gasteiger partial charge in [-0.25, -0.2) is 9.37 Å². The Kier molecular flexibility index (Phi) is 4.27. The molecule has 0 saturated carbocycles. The number of rotatable bonds is 3. The van der Waals surface area contributed by atoms with E-state index in [-0.39, 0.29) is 5.82 Å². The summed E-state index contributed by atoms with van der Waals surface area (Å²) in [5, 5.41) is 0.406. The largest absolute Gasteiger partial charge is 0.331 e. The van der Waals surface area contributed by atoms with Gasteiger partial charge in [0.15, 0.2) is 0 Å². The van der Waals surface area contributed by atoms with Crippen molar-refractivity contribution < 1.29 is 4.39 Å². The van der Waals surface area contributed by atoms with Gasteiger partial charge in [-0.05, 0) is 44.5 Å². The maximum atomic E-state index is 14.1. The summed E-state index contributed by atoms with van der Waals surface area (Å²) < 4.78 is 16.1. The lowest BCUT2D eigenvalue weighted by Crippen LogP contribution is -2.34. The summed E-state index contributed by atoms with van der Waals surface area (Å²) in [6, 6.07) is 4.74. The molecule has 1 atom stereocenters. The minimum absolute atomic E-state index is 0.323. The van der Waals surface area contributed by atoms with Crippen LogP contribution in [0.15, 0.2) is 30.6 Å². The number of hydrogen-bond donors (Lipinski definition) is 0. The minimum Gasteiger partial charge on any atom is -0.331 e. The normalized spacial score (nSPS) is 19.9. The lowest BCUT2D eigenvalue weighted by atomic mass is 9.98. The fraction of sp³-hybridized carbons (Fsp3) is 0.438. The van der Waals surface area contributed by atoms with Gasteiger partial charge in [-0.3, -0.25) is 0 Å². The second-order valence-electron chi connectivity index (χ2n) is 5.77. The number of likely N-dealkylation sites (tertiary alicyclic amines) is 1. The smallest absolute Gasteiger partial charge is 0.144 e. The van der Waals surface area contributed by atoms with Gasteiger partial charge in [0.1, 0.15) is 11.6 Å². The van der Waals surface area contributed by atoms with Crippen LogP contribution in [0.1, 0.15) is 12.8 Å². The Morgan fingerprint density at radius 1 is 1.43 bits per heavy atom. The highest BCUT2D eigenvalue weighted by atomic mass is 35.5. The fourth-order valence-electron chi connectivity index (χ4n) is 3.10. The third kappa shape index (κ3) is 3.11. The van der Waals surface area contributed by atoms with Crippen LogP contribution in [0.25, 0.3) is 11.4 Å². The van der Waals surface area contributed by atoms with E-state index in [2.05, 4.69) is 16.9 Å². The first-order chi connectivity index (χ1) is 10.1. The molecule has 0 bridgehead atoms. The molecular formula is C16H19ClFN3. The molecule has 0 amide bonds. The maximum Gasteiger partial charge on any atom is 0.144 e. The van der Waals surface area contributed by atoms with Gasteiger partial charge in [-0.15, -0.1) is 0 Å². The highest BCUT2D eigenvalue weighted by Gasteiger charge is 2.20. The zero-order valence-corrected chi connectivity index (χ0v) is 12.9. The number of nitrogens with zero attached hydrogens (tertiary/aromatic N) is 3. The quantitative estimate of drug-likeness (QED) is 0.862. The Bertz CT molecular complexity index is 605. The molecule has 112 valence electrons. The molecule has 1 aliphatic rings. The van der Waals surface area contributed by atoms with Crippen LogP contribution in [0.2, 0.25) is 5.02 Å². The van der Waals surface area contributed by atoms with Crippen LogP contribution in [0, 0.1) is 11.7 Å². The third-order valence-corrected chi connectivity index (χ3v) is 4.39. The summed E-state index contributed by atoms with van der Waals surface area (Å²) in [5.41, 5.74) is 0.397. The van der Waals surface area contributed by atoms with Crippen LogP contribution in [-0.4, -0.2) is 34.6 Å². The van der Waals surface area contributed by atoms with Crippen molar-refractivity contribution in [3.63, 3.8) is 0 Å². The van der Waals surface area contributed by atoms with Crippen molar-refractivity contribution in [2.45, 2.75) is 19.4 Å². The zero-order chi connectivity index (χ0) is 14.8. The molecule has 0 N–H and O–H groups in total. The average Bonchev–Trinajstić information content (AvgIpc) is 2.87. The van der Waals surface area contributed by atoms with Crippen LogP contribution in [-0.2, 0) is 6.54 Å². The van der Waals surface area contributed by atoms with Crippen LogP contribution < -0.4 is 0 Å². The van der Waals surface area contributed by atoms with Crippen LogP contribution in [0.5, 0.6) is 0 Å². The maximum absolute atomic E-state index is 14.1. The number of imidazole rings is 1. The van der Waals surface area contributed by atoms with Crippen molar-refractivity contribution in [3.8, 4) is 11.4 Å². The number of piperidine rings is 1. The van der Waals surface area contributed by atoms with Gasteiger partial charge in [-0.2, -0.15) is 0 Å². The van der Waals surface area contributed by atoms with Gasteiger partial charge < -0.3 is 9.47 Å². The molecule has 1 unspecified atom stereocenters. The van der Waals surface area contributed by atoms with Crippen molar-refractivity contribution >= 4 is 11.6 Å². The summed E-state index contributed by atoms with van der Waals surface area (Å²) >= 11 is 6.16. The zero-order valence-electron chi connectivity index (χ0n) is 12.1. The van der Waals surface area contributed by atoms with E-state index in [0.717, 1.165) is 19.6 Å². The van der Waals surface area contributed by atoms with Gasteiger partial charge in [0.05, 0.1) is 10.6 Å². The van der Waals surface area contributed by atoms with Gasteiger partial charge in [0.2, 0.25) is 0 Å². The average molecular weight is 308 g/mol. The molecular weight excluding hydrogens is 289 g/mol. The molecule has 1 aromatic heterocycles. The molecule has 0 aliphatic carbocycles. The highest BCUT2D eigenvalue weighted by Crippen LogP contribution is 2.30. The molecule has 5 heteroatoms. The van der Waals surface area contributed by atoms with Crippen molar-refractivity contribution in [1.29, 1.82) is 0 Å². The molecule has 2 heterocycles. The van der Waals surface area contributed by atoms with Gasteiger partial charge >= 0.3 is 0 Å². The number of hydrogen-bond acceptors (Lipinski definition) is 2. The molecule has 0 spiro atoms. The standard InChI is InChI=1S/C16H19ClFN3/c1-20-8-3-4-12(10-20)11-21-9-7-19-16(21)15-13(17)5-2-6-14(15)18/h2,5-7,9,12H,3-4,8,10-11H2,1H3. The predicted octanol–water partition coefficient (Wildman–Crippen LogP) is 3.68. The number of benzene rings is 1. The van der Waals surface area contributed by atoms with Gasteiger partial charge in [0, 0.05) is 25.5 Å². The first-order valence-corrected chi connectivity index (χ1v) is 7.67. The SMILES string of the molecule is CN1CCCC(Cn2ccnc2-c2c(F)cccc2Cl)C1.